The summed E-state index contributed by atoms with van der Waals surface area (Å²) < 4.78 is 1.94. The summed E-state index contributed by atoms with van der Waals surface area (Å²) in [5.41, 5.74) is 1.75. The Hall–Kier alpha value is -1.82. The van der Waals surface area contributed by atoms with Crippen LogP contribution >= 0.6 is 34.8 Å². The van der Waals surface area contributed by atoms with Gasteiger partial charge in [0.05, 0.1) is 26.1 Å². The first kappa shape index (κ1) is 17.0. The molecule has 1 aromatic carbocycles. The summed E-state index contributed by atoms with van der Waals surface area (Å²) in [7, 11) is 0. The average molecular weight is 384 g/mol. The van der Waals surface area contributed by atoms with Crippen molar-refractivity contribution in [1.29, 1.82) is 0 Å². The number of amides is 1. The van der Waals surface area contributed by atoms with Gasteiger partial charge in [0.1, 0.15) is 5.69 Å². The van der Waals surface area contributed by atoms with Gasteiger partial charge >= 0.3 is 0 Å². The van der Waals surface area contributed by atoms with Gasteiger partial charge in [-0.05, 0) is 18.6 Å². The second-order valence-corrected chi connectivity index (χ2v) is 6.28. The van der Waals surface area contributed by atoms with Crippen LogP contribution in [-0.2, 0) is 6.54 Å². The highest BCUT2D eigenvalue weighted by Gasteiger charge is 2.19. The third kappa shape index (κ3) is 3.07. The maximum absolute atomic E-state index is 12.5. The third-order valence-electron chi connectivity index (χ3n) is 3.46. The molecule has 2 heterocycles. The predicted octanol–water partition coefficient (Wildman–Crippen LogP) is 5.05. The first-order valence-electron chi connectivity index (χ1n) is 7.29. The number of aryl methyl sites for hydroxylation is 1. The molecule has 0 fully saturated rings. The van der Waals surface area contributed by atoms with Crippen molar-refractivity contribution in [3.8, 4) is 0 Å². The highest BCUT2D eigenvalue weighted by atomic mass is 35.5. The molecule has 3 aromatic rings. The Morgan fingerprint density at radius 3 is 2.71 bits per heavy atom. The van der Waals surface area contributed by atoms with Crippen molar-refractivity contribution in [3.05, 3.63) is 51.2 Å². The first-order chi connectivity index (χ1) is 11.5. The highest BCUT2D eigenvalue weighted by Crippen LogP contribution is 2.31. The molecule has 0 bridgehead atoms. The summed E-state index contributed by atoms with van der Waals surface area (Å²) in [6.07, 6.45) is 2.19. The molecule has 5 nitrogen and oxygen atoms in total. The van der Waals surface area contributed by atoms with E-state index in [1.54, 1.807) is 0 Å². The molecule has 0 aliphatic carbocycles. The fourth-order valence-corrected chi connectivity index (χ4v) is 2.95. The Morgan fingerprint density at radius 1 is 1.21 bits per heavy atom. The van der Waals surface area contributed by atoms with Gasteiger partial charge in [-0.15, -0.1) is 0 Å². The summed E-state index contributed by atoms with van der Waals surface area (Å²) in [6.45, 7) is 2.77. The Morgan fingerprint density at radius 2 is 1.96 bits per heavy atom. The van der Waals surface area contributed by atoms with Gasteiger partial charge in [0.2, 0.25) is 5.95 Å². The molecule has 0 unspecified atom stereocenters. The molecule has 1 amide bonds. The zero-order chi connectivity index (χ0) is 17.3. The molecule has 2 aromatic heterocycles. The summed E-state index contributed by atoms with van der Waals surface area (Å²) in [5.74, 6) is -0.0572. The molecule has 0 spiro atoms. The number of fused-ring (bicyclic) bond motifs is 1. The molecule has 0 saturated heterocycles. The average Bonchev–Trinajstić information content (AvgIpc) is 2.90. The van der Waals surface area contributed by atoms with Crippen molar-refractivity contribution in [2.24, 2.45) is 0 Å². The number of imidazole rings is 1. The first-order valence-corrected chi connectivity index (χ1v) is 8.42. The molecule has 0 saturated carbocycles. The molecule has 0 aliphatic rings. The van der Waals surface area contributed by atoms with Crippen LogP contribution in [0.15, 0.2) is 30.5 Å². The number of anilines is 1. The van der Waals surface area contributed by atoms with Crippen LogP contribution in [0.1, 0.15) is 23.8 Å². The number of pyridine rings is 1. The quantitative estimate of drug-likeness (QED) is 0.685. The maximum Gasteiger partial charge on any atom is 0.278 e. The highest BCUT2D eigenvalue weighted by molar-refractivity contribution is 6.49. The van der Waals surface area contributed by atoms with E-state index in [4.69, 9.17) is 34.8 Å². The van der Waals surface area contributed by atoms with Crippen molar-refractivity contribution >= 4 is 57.7 Å². The van der Waals surface area contributed by atoms with Crippen molar-refractivity contribution in [3.63, 3.8) is 0 Å². The SMILES string of the molecule is CCCn1c(NC(=O)c2ncc(Cl)c(Cl)c2Cl)nc2ccccc21. The van der Waals surface area contributed by atoms with Crippen LogP contribution in [0.3, 0.4) is 0 Å². The molecule has 0 radical (unpaired) electrons. The number of hydrogen-bond donors (Lipinski definition) is 1. The number of halogens is 3. The molecular weight excluding hydrogens is 371 g/mol. The minimum atomic E-state index is -0.494. The van der Waals surface area contributed by atoms with E-state index >= 15 is 0 Å². The van der Waals surface area contributed by atoms with E-state index < -0.39 is 5.91 Å². The van der Waals surface area contributed by atoms with E-state index in [1.165, 1.54) is 6.20 Å². The van der Waals surface area contributed by atoms with Gasteiger partial charge in [-0.3, -0.25) is 10.1 Å². The van der Waals surface area contributed by atoms with Crippen molar-refractivity contribution in [2.45, 2.75) is 19.9 Å². The van der Waals surface area contributed by atoms with Crippen LogP contribution in [0.25, 0.3) is 11.0 Å². The molecule has 0 aliphatic heterocycles. The number of para-hydroxylation sites is 2. The molecule has 8 heteroatoms. The maximum atomic E-state index is 12.5. The zero-order valence-electron chi connectivity index (χ0n) is 12.7. The number of nitrogens with one attached hydrogen (secondary N) is 1. The number of nitrogens with zero attached hydrogens (tertiary/aromatic N) is 3. The normalized spacial score (nSPS) is 11.0. The van der Waals surface area contributed by atoms with E-state index in [-0.39, 0.29) is 20.8 Å². The lowest BCUT2D eigenvalue weighted by Gasteiger charge is -2.10. The lowest BCUT2D eigenvalue weighted by Crippen LogP contribution is -2.18. The Balaban J connectivity index is 1.99. The Bertz CT molecular complexity index is 923. The number of carbonyl (C=O) groups excluding carboxylic acids is 1. The summed E-state index contributed by atoms with van der Waals surface area (Å²) >= 11 is 17.9. The van der Waals surface area contributed by atoms with Crippen molar-refractivity contribution < 1.29 is 4.79 Å². The Kier molecular flexibility index (Phi) is 4.94. The van der Waals surface area contributed by atoms with Crippen LogP contribution in [0, 0.1) is 0 Å². The zero-order valence-corrected chi connectivity index (χ0v) is 15.0. The molecule has 124 valence electrons. The van der Waals surface area contributed by atoms with E-state index in [9.17, 15) is 4.79 Å². The van der Waals surface area contributed by atoms with Crippen molar-refractivity contribution in [1.82, 2.24) is 14.5 Å². The largest absolute Gasteiger partial charge is 0.310 e. The van der Waals surface area contributed by atoms with Gasteiger partial charge < -0.3 is 4.57 Å². The van der Waals surface area contributed by atoms with Crippen LogP contribution in [-0.4, -0.2) is 20.4 Å². The Labute approximate surface area is 153 Å². The van der Waals surface area contributed by atoms with E-state index in [0.29, 0.717) is 5.95 Å². The fraction of sp³-hybridized carbons (Fsp3) is 0.188. The summed E-state index contributed by atoms with van der Waals surface area (Å²) in [4.78, 5) is 21.0. The number of hydrogen-bond acceptors (Lipinski definition) is 3. The van der Waals surface area contributed by atoms with Crippen LogP contribution in [0.5, 0.6) is 0 Å². The minimum Gasteiger partial charge on any atom is -0.310 e. The third-order valence-corrected chi connectivity index (χ3v) is 4.70. The number of carbonyl (C=O) groups is 1. The van der Waals surface area contributed by atoms with Gasteiger partial charge in [-0.2, -0.15) is 0 Å². The molecule has 24 heavy (non-hydrogen) atoms. The predicted molar refractivity (Wildman–Crippen MR) is 97.2 cm³/mol. The van der Waals surface area contributed by atoms with Gasteiger partial charge in [-0.25, -0.2) is 9.97 Å². The number of rotatable bonds is 4. The summed E-state index contributed by atoms with van der Waals surface area (Å²) in [6, 6.07) is 7.67. The van der Waals surface area contributed by atoms with Crippen LogP contribution in [0.4, 0.5) is 5.95 Å². The van der Waals surface area contributed by atoms with E-state index in [1.807, 2.05) is 28.8 Å². The number of benzene rings is 1. The molecule has 3 rings (SSSR count). The minimum absolute atomic E-state index is 0.00108. The molecule has 0 atom stereocenters. The van der Waals surface area contributed by atoms with Crippen molar-refractivity contribution in [2.75, 3.05) is 5.32 Å². The van der Waals surface area contributed by atoms with Crippen LogP contribution in [0.2, 0.25) is 15.1 Å². The van der Waals surface area contributed by atoms with Gasteiger partial charge in [0.15, 0.2) is 0 Å². The smallest absolute Gasteiger partial charge is 0.278 e. The van der Waals surface area contributed by atoms with E-state index in [2.05, 4.69) is 22.2 Å². The molecular formula is C16H13Cl3N4O. The standard InChI is InChI=1S/C16H13Cl3N4O/c1-2-7-23-11-6-4-3-5-10(11)21-16(23)22-15(24)14-13(19)12(18)9(17)8-20-14/h3-6,8H,2,7H2,1H3,(H,21,22,24). The van der Waals surface area contributed by atoms with Gasteiger partial charge in [-0.1, -0.05) is 53.9 Å². The topological polar surface area (TPSA) is 59.8 Å². The molecule has 1 N–H and O–H groups in total. The van der Waals surface area contributed by atoms with Gasteiger partial charge in [0.25, 0.3) is 5.91 Å². The summed E-state index contributed by atoms with van der Waals surface area (Å²) in [5, 5.41) is 3.06. The second kappa shape index (κ2) is 6.97. The van der Waals surface area contributed by atoms with E-state index in [0.717, 1.165) is 24.0 Å². The second-order valence-electron chi connectivity index (χ2n) is 5.11. The van der Waals surface area contributed by atoms with Gasteiger partial charge in [0, 0.05) is 12.7 Å². The fourth-order valence-electron chi connectivity index (χ4n) is 2.38. The monoisotopic (exact) mass is 382 g/mol. The lowest BCUT2D eigenvalue weighted by atomic mass is 10.3. The number of aromatic nitrogens is 3. The lowest BCUT2D eigenvalue weighted by molar-refractivity contribution is 0.102. The van der Waals surface area contributed by atoms with Crippen LogP contribution < -0.4 is 5.32 Å².